The van der Waals surface area contributed by atoms with Gasteiger partial charge in [-0.2, -0.15) is 0 Å². The molecule has 1 unspecified atom stereocenters. The topological polar surface area (TPSA) is 73.8 Å². The van der Waals surface area contributed by atoms with E-state index in [1.165, 1.54) is 6.07 Å². The first-order valence-electron chi connectivity index (χ1n) is 5.45. The number of halogens is 2. The van der Waals surface area contributed by atoms with Crippen LogP contribution in [0.3, 0.4) is 0 Å². The van der Waals surface area contributed by atoms with Crippen molar-refractivity contribution >= 4 is 33.2 Å². The monoisotopic (exact) mass is 344 g/mol. The summed E-state index contributed by atoms with van der Waals surface area (Å²) in [5, 5.41) is 18.5. The molecule has 8 heteroatoms. The summed E-state index contributed by atoms with van der Waals surface area (Å²) >= 11 is 9.15. The highest BCUT2D eigenvalue weighted by molar-refractivity contribution is 9.10. The maximum absolute atomic E-state index is 10.8. The van der Waals surface area contributed by atoms with E-state index in [0.29, 0.717) is 16.7 Å². The van der Waals surface area contributed by atoms with Crippen molar-refractivity contribution in [3.63, 3.8) is 0 Å². The summed E-state index contributed by atoms with van der Waals surface area (Å²) in [7, 11) is 0. The smallest absolute Gasteiger partial charge is 0.258 e. The number of aromatic nitrogens is 3. The minimum atomic E-state index is -0.429. The van der Waals surface area contributed by atoms with Crippen LogP contribution in [0.1, 0.15) is 23.6 Å². The normalized spacial score (nSPS) is 12.4. The lowest BCUT2D eigenvalue weighted by Crippen LogP contribution is -2.02. The van der Waals surface area contributed by atoms with Crippen LogP contribution < -0.4 is 0 Å². The molecule has 0 radical (unpaired) electrons. The molecule has 0 N–H and O–H groups in total. The number of alkyl halides is 1. The fourth-order valence-corrected chi connectivity index (χ4v) is 2.21. The van der Waals surface area contributed by atoms with Gasteiger partial charge < -0.3 is 0 Å². The molecule has 0 aliphatic rings. The lowest BCUT2D eigenvalue weighted by Gasteiger charge is -2.04. The van der Waals surface area contributed by atoms with Crippen molar-refractivity contribution < 1.29 is 4.92 Å². The van der Waals surface area contributed by atoms with Crippen LogP contribution in [0.25, 0.3) is 0 Å². The van der Waals surface area contributed by atoms with Crippen molar-refractivity contribution in [2.24, 2.45) is 0 Å². The number of hydrogen-bond donors (Lipinski definition) is 0. The molecule has 6 nitrogen and oxygen atoms in total. The molecule has 1 aromatic carbocycles. The SMILES string of the molecule is CC(Cl)c1cn(Cc2cccc([N+](=O)[O-])c2Br)nn1. The molecular formula is C11H10BrClN4O2. The number of nitro benzene ring substituents is 1. The number of rotatable bonds is 4. The van der Waals surface area contributed by atoms with Gasteiger partial charge in [0.15, 0.2) is 0 Å². The molecule has 0 bridgehead atoms. The lowest BCUT2D eigenvalue weighted by molar-refractivity contribution is -0.385. The Hall–Kier alpha value is -1.47. The Bertz CT molecular complexity index is 614. The van der Waals surface area contributed by atoms with E-state index < -0.39 is 4.92 Å². The summed E-state index contributed by atoms with van der Waals surface area (Å²) in [6.45, 7) is 2.19. The van der Waals surface area contributed by atoms with Crippen LogP contribution >= 0.6 is 27.5 Å². The highest BCUT2D eigenvalue weighted by Crippen LogP contribution is 2.28. The average molecular weight is 346 g/mol. The number of hydrogen-bond acceptors (Lipinski definition) is 4. The number of nitro groups is 1. The molecule has 0 aliphatic carbocycles. The van der Waals surface area contributed by atoms with Gasteiger partial charge in [0.1, 0.15) is 10.2 Å². The predicted octanol–water partition coefficient (Wildman–Crippen LogP) is 3.30. The van der Waals surface area contributed by atoms with E-state index in [9.17, 15) is 10.1 Å². The third kappa shape index (κ3) is 3.10. The standard InChI is InChI=1S/C11H10BrClN4O2/c1-7(13)9-6-16(15-14-9)5-8-3-2-4-10(11(8)12)17(18)19/h2-4,6-7H,5H2,1H3. The average Bonchev–Trinajstić information content (AvgIpc) is 2.80. The molecule has 0 fully saturated rings. The second-order valence-corrected chi connectivity index (χ2v) is 5.41. The van der Waals surface area contributed by atoms with Gasteiger partial charge in [-0.05, 0) is 28.4 Å². The van der Waals surface area contributed by atoms with Crippen LogP contribution in [0.2, 0.25) is 0 Å². The van der Waals surface area contributed by atoms with Crippen LogP contribution in [-0.2, 0) is 6.54 Å². The van der Waals surface area contributed by atoms with E-state index >= 15 is 0 Å². The Kier molecular flexibility index (Phi) is 4.16. The second kappa shape index (κ2) is 5.66. The summed E-state index contributed by atoms with van der Waals surface area (Å²) in [5.74, 6) is 0. The van der Waals surface area contributed by atoms with E-state index in [1.54, 1.807) is 29.9 Å². The van der Waals surface area contributed by atoms with Crippen molar-refractivity contribution in [1.29, 1.82) is 0 Å². The van der Waals surface area contributed by atoms with Crippen LogP contribution in [0.15, 0.2) is 28.9 Å². The molecule has 1 atom stereocenters. The first kappa shape index (κ1) is 14.0. The molecule has 0 saturated heterocycles. The minimum Gasteiger partial charge on any atom is -0.258 e. The zero-order chi connectivity index (χ0) is 14.0. The van der Waals surface area contributed by atoms with Gasteiger partial charge >= 0.3 is 0 Å². The molecule has 0 aliphatic heterocycles. The Morgan fingerprint density at radius 2 is 2.32 bits per heavy atom. The van der Waals surface area contributed by atoms with Crippen LogP contribution in [-0.4, -0.2) is 19.9 Å². The Morgan fingerprint density at radius 1 is 1.58 bits per heavy atom. The molecule has 0 amide bonds. The van der Waals surface area contributed by atoms with Crippen molar-refractivity contribution in [1.82, 2.24) is 15.0 Å². The molecule has 19 heavy (non-hydrogen) atoms. The van der Waals surface area contributed by atoms with E-state index in [4.69, 9.17) is 11.6 Å². The lowest BCUT2D eigenvalue weighted by atomic mass is 10.2. The molecule has 0 spiro atoms. The van der Waals surface area contributed by atoms with Gasteiger partial charge in [-0.3, -0.25) is 10.1 Å². The highest BCUT2D eigenvalue weighted by atomic mass is 79.9. The van der Waals surface area contributed by atoms with Gasteiger partial charge in [0, 0.05) is 6.07 Å². The third-order valence-electron chi connectivity index (χ3n) is 2.55. The maximum Gasteiger partial charge on any atom is 0.283 e. The fourth-order valence-electron chi connectivity index (χ4n) is 1.58. The van der Waals surface area contributed by atoms with Crippen LogP contribution in [0.5, 0.6) is 0 Å². The summed E-state index contributed by atoms with van der Waals surface area (Å²) < 4.78 is 2.05. The summed E-state index contributed by atoms with van der Waals surface area (Å²) in [6, 6.07) is 4.88. The Morgan fingerprint density at radius 3 is 2.89 bits per heavy atom. The first-order chi connectivity index (χ1) is 8.99. The van der Waals surface area contributed by atoms with Gasteiger partial charge in [0.25, 0.3) is 5.69 Å². The largest absolute Gasteiger partial charge is 0.283 e. The maximum atomic E-state index is 10.8. The fraction of sp³-hybridized carbons (Fsp3) is 0.273. The van der Waals surface area contributed by atoms with Crippen molar-refractivity contribution in [2.45, 2.75) is 18.8 Å². The zero-order valence-electron chi connectivity index (χ0n) is 9.96. The Labute approximate surface area is 122 Å². The van der Waals surface area contributed by atoms with Crippen LogP contribution in [0.4, 0.5) is 5.69 Å². The van der Waals surface area contributed by atoms with Crippen LogP contribution in [0, 0.1) is 10.1 Å². The molecular weight excluding hydrogens is 336 g/mol. The van der Waals surface area contributed by atoms with Gasteiger partial charge in [0.05, 0.1) is 23.0 Å². The van der Waals surface area contributed by atoms with Crippen molar-refractivity contribution in [3.8, 4) is 0 Å². The zero-order valence-corrected chi connectivity index (χ0v) is 12.3. The highest BCUT2D eigenvalue weighted by Gasteiger charge is 2.15. The van der Waals surface area contributed by atoms with E-state index in [1.807, 2.05) is 0 Å². The van der Waals surface area contributed by atoms with E-state index in [2.05, 4.69) is 26.2 Å². The van der Waals surface area contributed by atoms with Gasteiger partial charge in [0.2, 0.25) is 0 Å². The summed E-state index contributed by atoms with van der Waals surface area (Å²) in [6.07, 6.45) is 1.73. The predicted molar refractivity (Wildman–Crippen MR) is 74.2 cm³/mol. The molecule has 1 heterocycles. The molecule has 100 valence electrons. The molecule has 0 saturated carbocycles. The van der Waals surface area contributed by atoms with Gasteiger partial charge in [-0.15, -0.1) is 16.7 Å². The van der Waals surface area contributed by atoms with Gasteiger partial charge in [-0.25, -0.2) is 4.68 Å². The molecule has 2 rings (SSSR count). The minimum absolute atomic E-state index is 0.0311. The Balaban J connectivity index is 2.28. The molecule has 2 aromatic rings. The van der Waals surface area contributed by atoms with Gasteiger partial charge in [-0.1, -0.05) is 17.3 Å². The second-order valence-electron chi connectivity index (χ2n) is 3.96. The third-order valence-corrected chi connectivity index (χ3v) is 3.69. The summed E-state index contributed by atoms with van der Waals surface area (Å²) in [5.41, 5.74) is 1.46. The van der Waals surface area contributed by atoms with Crippen molar-refractivity contribution in [2.75, 3.05) is 0 Å². The number of nitrogens with zero attached hydrogens (tertiary/aromatic N) is 4. The quantitative estimate of drug-likeness (QED) is 0.484. The molecule has 1 aromatic heterocycles. The van der Waals surface area contributed by atoms with Crippen molar-refractivity contribution in [3.05, 3.63) is 50.2 Å². The van der Waals surface area contributed by atoms with E-state index in [-0.39, 0.29) is 11.1 Å². The first-order valence-corrected chi connectivity index (χ1v) is 6.68. The van der Waals surface area contributed by atoms with E-state index in [0.717, 1.165) is 5.56 Å². The summed E-state index contributed by atoms with van der Waals surface area (Å²) in [4.78, 5) is 10.4. The number of benzene rings is 1.